The molecule has 1 fully saturated rings. The number of carbonyl (C=O) groups excluding carboxylic acids is 1. The quantitative estimate of drug-likeness (QED) is 0.783. The number of hydrogen-bond acceptors (Lipinski definition) is 3. The average molecular weight is 275 g/mol. The molecule has 2 N–H and O–H groups in total. The lowest BCUT2D eigenvalue weighted by molar-refractivity contribution is 0.0838. The van der Waals surface area contributed by atoms with Crippen LogP contribution in [0.15, 0.2) is 36.9 Å². The van der Waals surface area contributed by atoms with Gasteiger partial charge in [-0.3, -0.25) is 4.79 Å². The van der Waals surface area contributed by atoms with Gasteiger partial charge in [0.25, 0.3) is 5.91 Å². The van der Waals surface area contributed by atoms with Crippen molar-refractivity contribution in [2.45, 2.75) is 31.2 Å². The van der Waals surface area contributed by atoms with E-state index in [0.717, 1.165) is 25.7 Å². The second-order valence-corrected chi connectivity index (χ2v) is 5.22. The smallest absolute Gasteiger partial charge is 0.251 e. The van der Waals surface area contributed by atoms with Crippen molar-refractivity contribution in [3.05, 3.63) is 42.5 Å². The highest BCUT2D eigenvalue weighted by atomic mass is 16.5. The molecule has 20 heavy (non-hydrogen) atoms. The number of benzene rings is 1. The van der Waals surface area contributed by atoms with Crippen LogP contribution in [0, 0.1) is 0 Å². The van der Waals surface area contributed by atoms with E-state index in [4.69, 9.17) is 4.74 Å². The van der Waals surface area contributed by atoms with E-state index in [1.54, 1.807) is 30.3 Å². The van der Waals surface area contributed by atoms with E-state index < -0.39 is 5.54 Å². The lowest BCUT2D eigenvalue weighted by Gasteiger charge is -2.28. The summed E-state index contributed by atoms with van der Waals surface area (Å²) < 4.78 is 5.37. The second kappa shape index (κ2) is 6.57. The molecule has 1 aromatic rings. The molecule has 108 valence electrons. The van der Waals surface area contributed by atoms with Crippen LogP contribution < -0.4 is 10.1 Å². The number of aliphatic hydroxyl groups is 1. The van der Waals surface area contributed by atoms with Crippen molar-refractivity contribution in [2.24, 2.45) is 0 Å². The van der Waals surface area contributed by atoms with Crippen LogP contribution in [0.2, 0.25) is 0 Å². The van der Waals surface area contributed by atoms with E-state index >= 15 is 0 Å². The molecule has 1 aliphatic rings. The predicted octanol–water partition coefficient (Wildman–Crippen LogP) is 2.29. The minimum absolute atomic E-state index is 0.000725. The van der Waals surface area contributed by atoms with Gasteiger partial charge in [-0.15, -0.1) is 0 Å². The number of aliphatic hydroxyl groups excluding tert-OH is 1. The number of carbonyl (C=O) groups is 1. The van der Waals surface area contributed by atoms with Gasteiger partial charge >= 0.3 is 0 Å². The highest BCUT2D eigenvalue weighted by Crippen LogP contribution is 2.29. The molecule has 0 aliphatic heterocycles. The molecular weight excluding hydrogens is 254 g/mol. The number of amides is 1. The highest BCUT2D eigenvalue weighted by molar-refractivity contribution is 5.94. The van der Waals surface area contributed by atoms with E-state index in [2.05, 4.69) is 11.9 Å². The van der Waals surface area contributed by atoms with Gasteiger partial charge in [0.1, 0.15) is 12.4 Å². The molecule has 0 atom stereocenters. The van der Waals surface area contributed by atoms with Crippen molar-refractivity contribution in [1.82, 2.24) is 5.32 Å². The van der Waals surface area contributed by atoms with E-state index in [1.807, 2.05) is 0 Å². The van der Waals surface area contributed by atoms with E-state index in [9.17, 15) is 9.90 Å². The minimum atomic E-state index is -0.435. The maximum atomic E-state index is 12.2. The zero-order valence-electron chi connectivity index (χ0n) is 11.6. The fourth-order valence-corrected chi connectivity index (χ4v) is 2.55. The average Bonchev–Trinajstić information content (AvgIpc) is 2.94. The van der Waals surface area contributed by atoms with Gasteiger partial charge in [-0.25, -0.2) is 0 Å². The van der Waals surface area contributed by atoms with Crippen LogP contribution >= 0.6 is 0 Å². The number of hydrogen-bond donors (Lipinski definition) is 2. The summed E-state index contributed by atoms with van der Waals surface area (Å²) in [6.45, 7) is 4.03. The zero-order valence-corrected chi connectivity index (χ0v) is 11.6. The summed E-state index contributed by atoms with van der Waals surface area (Å²) in [6.07, 6.45) is 5.46. The summed E-state index contributed by atoms with van der Waals surface area (Å²) in [5.41, 5.74) is 0.144. The molecule has 1 aromatic carbocycles. The monoisotopic (exact) mass is 275 g/mol. The largest absolute Gasteiger partial charge is 0.490 e. The normalized spacial score (nSPS) is 16.6. The second-order valence-electron chi connectivity index (χ2n) is 5.22. The molecule has 1 aliphatic carbocycles. The third-order valence-electron chi connectivity index (χ3n) is 3.73. The first kappa shape index (κ1) is 14.6. The lowest BCUT2D eigenvalue weighted by atomic mass is 9.98. The summed E-state index contributed by atoms with van der Waals surface area (Å²) in [5, 5.41) is 12.5. The van der Waals surface area contributed by atoms with Gasteiger partial charge in [-0.1, -0.05) is 25.5 Å². The van der Waals surface area contributed by atoms with Gasteiger partial charge < -0.3 is 15.2 Å². The van der Waals surface area contributed by atoms with Gasteiger partial charge in [0.15, 0.2) is 0 Å². The summed E-state index contributed by atoms with van der Waals surface area (Å²) in [6, 6.07) is 6.99. The Morgan fingerprint density at radius 1 is 1.35 bits per heavy atom. The van der Waals surface area contributed by atoms with Crippen molar-refractivity contribution in [3.8, 4) is 5.75 Å². The third-order valence-corrected chi connectivity index (χ3v) is 3.73. The van der Waals surface area contributed by atoms with Crippen LogP contribution in [0.4, 0.5) is 0 Å². The van der Waals surface area contributed by atoms with E-state index in [1.165, 1.54) is 0 Å². The molecule has 0 radical (unpaired) electrons. The van der Waals surface area contributed by atoms with Crippen LogP contribution in [0.3, 0.4) is 0 Å². The molecule has 4 nitrogen and oxygen atoms in total. The Morgan fingerprint density at radius 3 is 2.55 bits per heavy atom. The predicted molar refractivity (Wildman–Crippen MR) is 77.9 cm³/mol. The molecule has 1 amide bonds. The summed E-state index contributed by atoms with van der Waals surface area (Å²) >= 11 is 0. The molecule has 0 unspecified atom stereocenters. The molecule has 0 spiro atoms. The minimum Gasteiger partial charge on any atom is -0.490 e. The van der Waals surface area contributed by atoms with Crippen LogP contribution in [0.25, 0.3) is 0 Å². The first-order valence-corrected chi connectivity index (χ1v) is 6.96. The van der Waals surface area contributed by atoms with Crippen molar-refractivity contribution in [1.29, 1.82) is 0 Å². The summed E-state index contributed by atoms with van der Waals surface area (Å²) in [5.74, 6) is 0.565. The maximum Gasteiger partial charge on any atom is 0.251 e. The van der Waals surface area contributed by atoms with Gasteiger partial charge in [0, 0.05) is 5.56 Å². The Morgan fingerprint density at radius 2 is 2.00 bits per heavy atom. The Bertz CT molecular complexity index is 461. The van der Waals surface area contributed by atoms with E-state index in [-0.39, 0.29) is 12.5 Å². The van der Waals surface area contributed by atoms with Crippen LogP contribution in [-0.2, 0) is 0 Å². The molecular formula is C16H21NO3. The van der Waals surface area contributed by atoms with Gasteiger partial charge in [0.2, 0.25) is 0 Å². The van der Waals surface area contributed by atoms with Crippen molar-refractivity contribution in [3.63, 3.8) is 0 Å². The van der Waals surface area contributed by atoms with Crippen LogP contribution in [-0.4, -0.2) is 29.8 Å². The topological polar surface area (TPSA) is 58.6 Å². The number of rotatable bonds is 6. The van der Waals surface area contributed by atoms with Crippen molar-refractivity contribution < 1.29 is 14.6 Å². The Labute approximate surface area is 119 Å². The first-order chi connectivity index (χ1) is 9.69. The Hall–Kier alpha value is -1.81. The number of nitrogens with one attached hydrogen (secondary N) is 1. The van der Waals surface area contributed by atoms with E-state index in [0.29, 0.717) is 17.9 Å². The molecule has 0 heterocycles. The zero-order chi connectivity index (χ0) is 14.4. The van der Waals surface area contributed by atoms with Gasteiger partial charge in [0.05, 0.1) is 12.1 Å². The first-order valence-electron chi connectivity index (χ1n) is 6.96. The summed E-state index contributed by atoms with van der Waals surface area (Å²) in [4.78, 5) is 12.2. The molecule has 0 saturated heterocycles. The van der Waals surface area contributed by atoms with Crippen molar-refractivity contribution in [2.75, 3.05) is 13.2 Å². The molecule has 0 bridgehead atoms. The third kappa shape index (κ3) is 3.39. The van der Waals surface area contributed by atoms with Crippen LogP contribution in [0.1, 0.15) is 36.0 Å². The number of ether oxygens (including phenoxy) is 1. The highest BCUT2D eigenvalue weighted by Gasteiger charge is 2.34. The van der Waals surface area contributed by atoms with Gasteiger partial charge in [-0.05, 0) is 37.1 Å². The molecule has 0 aromatic heterocycles. The molecule has 4 heteroatoms. The fraction of sp³-hybridized carbons (Fsp3) is 0.438. The Balaban J connectivity index is 2.00. The maximum absolute atomic E-state index is 12.2. The van der Waals surface area contributed by atoms with Gasteiger partial charge in [-0.2, -0.15) is 0 Å². The molecule has 1 saturated carbocycles. The lowest BCUT2D eigenvalue weighted by Crippen LogP contribution is -2.49. The molecule has 2 rings (SSSR count). The Kier molecular flexibility index (Phi) is 4.79. The standard InChI is InChI=1S/C16H21NO3/c1-2-11-20-14-7-5-13(6-8-14)15(19)17-16(12-18)9-3-4-10-16/h2,5-8,18H,1,3-4,9-12H2,(H,17,19). The summed E-state index contributed by atoms with van der Waals surface area (Å²) in [7, 11) is 0. The fourth-order valence-electron chi connectivity index (χ4n) is 2.55. The SMILES string of the molecule is C=CCOc1ccc(C(=O)NC2(CO)CCCC2)cc1. The van der Waals surface area contributed by atoms with Crippen molar-refractivity contribution >= 4 is 5.91 Å². The van der Waals surface area contributed by atoms with Crippen LogP contribution in [0.5, 0.6) is 5.75 Å².